The molecule has 0 fully saturated rings. The Labute approximate surface area is 176 Å². The molecule has 0 amide bonds. The van der Waals surface area contributed by atoms with Crippen LogP contribution in [0.2, 0.25) is 0 Å². The monoisotopic (exact) mass is 413 g/mol. The number of nitrogens with one attached hydrogen (secondary N) is 1. The van der Waals surface area contributed by atoms with E-state index in [0.29, 0.717) is 41.4 Å². The number of rotatable bonds is 5. The van der Waals surface area contributed by atoms with Crippen LogP contribution in [0.1, 0.15) is 45.1 Å². The molecule has 1 aliphatic carbocycles. The molecular formula is C23H27NO6. The molecule has 0 spiro atoms. The topological polar surface area (TPSA) is 83.1 Å². The number of ketones is 1. The van der Waals surface area contributed by atoms with Crippen LogP contribution in [0.5, 0.6) is 11.5 Å². The lowest BCUT2D eigenvalue weighted by atomic mass is 9.68. The van der Waals surface area contributed by atoms with Crippen LogP contribution in [0, 0.1) is 5.41 Å². The van der Waals surface area contributed by atoms with Crippen LogP contribution in [-0.4, -0.2) is 38.9 Å². The van der Waals surface area contributed by atoms with Crippen molar-refractivity contribution < 1.29 is 28.5 Å². The summed E-state index contributed by atoms with van der Waals surface area (Å²) in [4.78, 5) is 26.3. The van der Waals surface area contributed by atoms with Gasteiger partial charge in [0.2, 0.25) is 6.79 Å². The average molecular weight is 413 g/mol. The maximum absolute atomic E-state index is 13.2. The molecule has 160 valence electrons. The summed E-state index contributed by atoms with van der Waals surface area (Å²) in [5, 5.41) is 3.33. The smallest absolute Gasteiger partial charge is 0.336 e. The Morgan fingerprint density at radius 1 is 1.20 bits per heavy atom. The number of carbonyl (C=O) groups excluding carboxylic acids is 2. The maximum Gasteiger partial charge on any atom is 0.336 e. The number of ether oxygens (including phenoxy) is 4. The van der Waals surface area contributed by atoms with Crippen LogP contribution in [0.25, 0.3) is 0 Å². The number of Topliss-reactive ketones (excluding diaryl/α,β-unsaturated/α-hetero) is 1. The van der Waals surface area contributed by atoms with Gasteiger partial charge < -0.3 is 24.3 Å². The molecule has 0 unspecified atom stereocenters. The summed E-state index contributed by atoms with van der Waals surface area (Å²) >= 11 is 0. The molecule has 1 N–H and O–H groups in total. The molecule has 7 heteroatoms. The van der Waals surface area contributed by atoms with Crippen molar-refractivity contribution in [1.29, 1.82) is 0 Å². The van der Waals surface area contributed by atoms with Gasteiger partial charge in [0.05, 0.1) is 12.2 Å². The van der Waals surface area contributed by atoms with Crippen LogP contribution in [-0.2, 0) is 19.1 Å². The van der Waals surface area contributed by atoms with Gasteiger partial charge in [0.1, 0.15) is 6.61 Å². The van der Waals surface area contributed by atoms with E-state index in [1.807, 2.05) is 25.1 Å². The first-order valence-corrected chi connectivity index (χ1v) is 10.1. The third kappa shape index (κ3) is 3.69. The molecule has 1 aromatic carbocycles. The second kappa shape index (κ2) is 7.80. The second-order valence-electron chi connectivity index (χ2n) is 8.67. The van der Waals surface area contributed by atoms with Crippen molar-refractivity contribution in [3.05, 3.63) is 46.3 Å². The lowest BCUT2D eigenvalue weighted by molar-refractivity contribution is -0.140. The third-order valence-electron chi connectivity index (χ3n) is 5.71. The van der Waals surface area contributed by atoms with Crippen molar-refractivity contribution in [2.24, 2.45) is 5.41 Å². The van der Waals surface area contributed by atoms with E-state index >= 15 is 0 Å². The SMILES string of the molecule is COCCOC(=O)C1=C(C)NC2=C(C(=O)CC(C)(C)C2)[C@H]1c1ccc2c(c1)OCO2. The third-order valence-corrected chi connectivity index (χ3v) is 5.71. The summed E-state index contributed by atoms with van der Waals surface area (Å²) in [6.45, 7) is 6.63. The van der Waals surface area contributed by atoms with Gasteiger partial charge in [-0.2, -0.15) is 0 Å². The fourth-order valence-electron chi connectivity index (χ4n) is 4.43. The highest BCUT2D eigenvalue weighted by atomic mass is 16.7. The molecule has 3 aliphatic rings. The van der Waals surface area contributed by atoms with Crippen LogP contribution in [0.3, 0.4) is 0 Å². The molecule has 0 bridgehead atoms. The predicted octanol–water partition coefficient (Wildman–Crippen LogP) is 3.21. The Hall–Kier alpha value is -2.80. The normalized spacial score (nSPS) is 22.0. The standard InChI is InChI=1S/C23H27NO6/c1-13-19(22(26)28-8-7-27-4)20(14-5-6-17-18(9-14)30-12-29-17)21-15(24-13)10-23(2,3)11-16(21)25/h5-6,9,20,24H,7-8,10-12H2,1-4H3/t20-/m0/s1. The first kappa shape index (κ1) is 20.5. The predicted molar refractivity (Wildman–Crippen MR) is 109 cm³/mol. The van der Waals surface area contributed by atoms with Gasteiger partial charge in [-0.05, 0) is 36.5 Å². The Bertz CT molecular complexity index is 958. The fraction of sp³-hybridized carbons (Fsp3) is 0.478. The molecule has 1 aromatic rings. The maximum atomic E-state index is 13.2. The number of hydrogen-bond donors (Lipinski definition) is 1. The number of esters is 1. The van der Waals surface area contributed by atoms with Gasteiger partial charge in [0.25, 0.3) is 0 Å². The highest BCUT2D eigenvalue weighted by molar-refractivity contribution is 6.04. The molecule has 4 rings (SSSR count). The van der Waals surface area contributed by atoms with Crippen LogP contribution in [0.15, 0.2) is 40.7 Å². The van der Waals surface area contributed by atoms with E-state index in [-0.39, 0.29) is 24.6 Å². The van der Waals surface area contributed by atoms with Crippen molar-refractivity contribution in [3.8, 4) is 11.5 Å². The lowest BCUT2D eigenvalue weighted by Crippen LogP contribution is -2.38. The van der Waals surface area contributed by atoms with E-state index in [4.69, 9.17) is 18.9 Å². The molecule has 1 atom stereocenters. The fourth-order valence-corrected chi connectivity index (χ4v) is 4.43. The highest BCUT2D eigenvalue weighted by Crippen LogP contribution is 2.48. The first-order chi connectivity index (χ1) is 14.3. The van der Waals surface area contributed by atoms with Crippen LogP contribution < -0.4 is 14.8 Å². The van der Waals surface area contributed by atoms with Gasteiger partial charge in [-0.1, -0.05) is 19.9 Å². The van der Waals surface area contributed by atoms with Crippen molar-refractivity contribution in [1.82, 2.24) is 5.32 Å². The summed E-state index contributed by atoms with van der Waals surface area (Å²) in [5.41, 5.74) is 3.32. The minimum Gasteiger partial charge on any atom is -0.460 e. The minimum absolute atomic E-state index is 0.0473. The number of dihydropyridines is 1. The van der Waals surface area contributed by atoms with Crippen LogP contribution in [0.4, 0.5) is 0 Å². The molecule has 7 nitrogen and oxygen atoms in total. The number of benzene rings is 1. The number of hydrogen-bond acceptors (Lipinski definition) is 7. The summed E-state index contributed by atoms with van der Waals surface area (Å²) in [6.07, 6.45) is 1.16. The van der Waals surface area contributed by atoms with Crippen LogP contribution >= 0.6 is 0 Å². The van der Waals surface area contributed by atoms with Gasteiger partial charge in [-0.25, -0.2) is 4.79 Å². The van der Waals surface area contributed by atoms with Gasteiger partial charge >= 0.3 is 5.97 Å². The second-order valence-corrected chi connectivity index (χ2v) is 8.67. The van der Waals surface area contributed by atoms with Gasteiger partial charge in [-0.15, -0.1) is 0 Å². The lowest BCUT2D eigenvalue weighted by Gasteiger charge is -2.39. The van der Waals surface area contributed by atoms with E-state index < -0.39 is 11.9 Å². The Morgan fingerprint density at radius 2 is 1.97 bits per heavy atom. The molecule has 0 saturated heterocycles. The van der Waals surface area contributed by atoms with E-state index in [2.05, 4.69) is 19.2 Å². The largest absolute Gasteiger partial charge is 0.460 e. The zero-order valence-corrected chi connectivity index (χ0v) is 17.8. The average Bonchev–Trinajstić information content (AvgIpc) is 3.13. The first-order valence-electron chi connectivity index (χ1n) is 10.1. The van der Waals surface area contributed by atoms with Gasteiger partial charge in [0.15, 0.2) is 17.3 Å². The summed E-state index contributed by atoms with van der Waals surface area (Å²) < 4.78 is 21.4. The number of methoxy groups -OCH3 is 1. The van der Waals surface area contributed by atoms with E-state index in [1.165, 1.54) is 0 Å². The van der Waals surface area contributed by atoms with Crippen molar-refractivity contribution in [3.63, 3.8) is 0 Å². The molecule has 0 radical (unpaired) electrons. The summed E-state index contributed by atoms with van der Waals surface area (Å²) in [6, 6.07) is 5.56. The van der Waals surface area contributed by atoms with Crippen molar-refractivity contribution >= 4 is 11.8 Å². The summed E-state index contributed by atoms with van der Waals surface area (Å²) in [7, 11) is 1.55. The molecule has 2 aliphatic heterocycles. The zero-order valence-electron chi connectivity index (χ0n) is 17.8. The van der Waals surface area contributed by atoms with Gasteiger partial charge in [-0.3, -0.25) is 4.79 Å². The van der Waals surface area contributed by atoms with E-state index in [1.54, 1.807) is 7.11 Å². The molecular weight excluding hydrogens is 386 g/mol. The molecule has 0 saturated carbocycles. The van der Waals surface area contributed by atoms with Crippen molar-refractivity contribution in [2.75, 3.05) is 27.1 Å². The molecule has 2 heterocycles. The number of fused-ring (bicyclic) bond motifs is 1. The zero-order chi connectivity index (χ0) is 21.5. The number of carbonyl (C=O) groups is 2. The molecule has 0 aromatic heterocycles. The van der Waals surface area contributed by atoms with Gasteiger partial charge in [0, 0.05) is 36.4 Å². The number of allylic oxidation sites excluding steroid dienone is 3. The van der Waals surface area contributed by atoms with E-state index in [0.717, 1.165) is 17.7 Å². The summed E-state index contributed by atoms with van der Waals surface area (Å²) in [5.74, 6) is 0.342. The quantitative estimate of drug-likeness (QED) is 0.586. The highest BCUT2D eigenvalue weighted by Gasteiger charge is 2.43. The molecule has 30 heavy (non-hydrogen) atoms. The minimum atomic E-state index is -0.519. The van der Waals surface area contributed by atoms with E-state index in [9.17, 15) is 9.59 Å². The Kier molecular flexibility index (Phi) is 5.32. The Morgan fingerprint density at radius 3 is 2.73 bits per heavy atom. The Balaban J connectivity index is 1.79. The van der Waals surface area contributed by atoms with Crippen molar-refractivity contribution in [2.45, 2.75) is 39.5 Å².